The van der Waals surface area contributed by atoms with Crippen molar-refractivity contribution in [3.05, 3.63) is 42.7 Å². The molecular weight excluding hydrogens is 245 g/mol. The molecule has 0 spiro atoms. The molecule has 5 nitrogen and oxygen atoms in total. The number of hydrogen-bond donors (Lipinski definition) is 2. The quantitative estimate of drug-likeness (QED) is 0.548. The van der Waals surface area contributed by atoms with Crippen LogP contribution in [0.15, 0.2) is 36.9 Å². The lowest BCUT2D eigenvalue weighted by Crippen LogP contribution is -1.88. The Morgan fingerprint density at radius 2 is 2.00 bits per heavy atom. The molecule has 0 atom stereocenters. The highest BCUT2D eigenvalue weighted by Crippen LogP contribution is 2.26. The first-order valence-corrected chi connectivity index (χ1v) is 5.74. The molecule has 0 fully saturated rings. The smallest absolute Gasteiger partial charge is 0.163 e. The van der Waals surface area contributed by atoms with Crippen molar-refractivity contribution in [3.63, 3.8) is 0 Å². The minimum atomic E-state index is -0.380. The molecule has 0 aromatic carbocycles. The van der Waals surface area contributed by atoms with Gasteiger partial charge in [-0.3, -0.25) is 0 Å². The average Bonchev–Trinajstić information content (AvgIpc) is 3.03. The maximum atomic E-state index is 13.3. The minimum absolute atomic E-state index is 0.380. The number of hydrogen-bond acceptors (Lipinski definition) is 3. The van der Waals surface area contributed by atoms with Crippen LogP contribution in [0.25, 0.3) is 33.5 Å². The molecule has 4 aromatic rings. The van der Waals surface area contributed by atoms with E-state index in [9.17, 15) is 4.39 Å². The summed E-state index contributed by atoms with van der Waals surface area (Å²) in [4.78, 5) is 18.7. The number of nitrogens with zero attached hydrogens (tertiary/aromatic N) is 3. The molecule has 0 aliphatic carbocycles. The van der Waals surface area contributed by atoms with Crippen LogP contribution < -0.4 is 0 Å². The second-order valence-electron chi connectivity index (χ2n) is 4.23. The van der Waals surface area contributed by atoms with Crippen molar-refractivity contribution < 1.29 is 4.39 Å². The molecule has 0 unspecified atom stereocenters. The molecule has 4 rings (SSSR count). The summed E-state index contributed by atoms with van der Waals surface area (Å²) in [5, 5.41) is 1.61. The van der Waals surface area contributed by atoms with Gasteiger partial charge in [0.15, 0.2) is 5.82 Å². The Balaban J connectivity index is 2.00. The van der Waals surface area contributed by atoms with Crippen molar-refractivity contribution in [2.75, 3.05) is 0 Å². The van der Waals surface area contributed by atoms with Crippen molar-refractivity contribution in [1.29, 1.82) is 0 Å². The Labute approximate surface area is 106 Å². The molecule has 0 radical (unpaired) electrons. The number of pyridine rings is 1. The van der Waals surface area contributed by atoms with Gasteiger partial charge in [-0.05, 0) is 12.1 Å². The molecule has 2 N–H and O–H groups in total. The van der Waals surface area contributed by atoms with E-state index in [1.165, 1.54) is 12.3 Å². The number of H-pyrrole nitrogens is 2. The number of fused-ring (bicyclic) bond motifs is 2. The predicted molar refractivity (Wildman–Crippen MR) is 68.9 cm³/mol. The first-order chi connectivity index (χ1) is 9.31. The summed E-state index contributed by atoms with van der Waals surface area (Å²) in [5.74, 6) is 0.155. The van der Waals surface area contributed by atoms with E-state index in [1.807, 2.05) is 6.07 Å². The molecule has 0 bridgehead atoms. The fourth-order valence-corrected chi connectivity index (χ4v) is 2.13. The standard InChI is InChI=1S/C13H8FN5/c14-8-3-9-10(6-18-12(9)17-5-8)13-16-4-7-1-2-15-11(7)19-13/h1-6H,(H,17,18)(H,15,16,19). The summed E-state index contributed by atoms with van der Waals surface area (Å²) in [5.41, 5.74) is 2.11. The molecule has 6 heteroatoms. The highest BCUT2D eigenvalue weighted by molar-refractivity contribution is 5.92. The molecule has 0 aliphatic rings. The lowest BCUT2D eigenvalue weighted by molar-refractivity contribution is 0.624. The van der Waals surface area contributed by atoms with Crippen LogP contribution >= 0.6 is 0 Å². The Morgan fingerprint density at radius 3 is 2.95 bits per heavy atom. The van der Waals surface area contributed by atoms with Crippen LogP contribution in [-0.2, 0) is 0 Å². The first kappa shape index (κ1) is 10.2. The highest BCUT2D eigenvalue weighted by Gasteiger charge is 2.11. The van der Waals surface area contributed by atoms with Crippen molar-refractivity contribution >= 4 is 22.1 Å². The van der Waals surface area contributed by atoms with Gasteiger partial charge < -0.3 is 9.97 Å². The Bertz CT molecular complexity index is 892. The molecule has 0 aliphatic heterocycles. The van der Waals surface area contributed by atoms with Gasteiger partial charge >= 0.3 is 0 Å². The molecule has 0 saturated carbocycles. The summed E-state index contributed by atoms with van der Waals surface area (Å²) in [6, 6.07) is 3.33. The minimum Gasteiger partial charge on any atom is -0.346 e. The van der Waals surface area contributed by atoms with Crippen molar-refractivity contribution in [2.45, 2.75) is 0 Å². The van der Waals surface area contributed by atoms with Crippen molar-refractivity contribution in [1.82, 2.24) is 24.9 Å². The number of aromatic amines is 2. The Morgan fingerprint density at radius 1 is 1.05 bits per heavy atom. The monoisotopic (exact) mass is 253 g/mol. The van der Waals surface area contributed by atoms with Gasteiger partial charge in [-0.2, -0.15) is 0 Å². The fourth-order valence-electron chi connectivity index (χ4n) is 2.13. The van der Waals surface area contributed by atoms with E-state index in [-0.39, 0.29) is 5.82 Å². The van der Waals surface area contributed by atoms with Crippen LogP contribution in [0.3, 0.4) is 0 Å². The lowest BCUT2D eigenvalue weighted by Gasteiger charge is -1.98. The Hall–Kier alpha value is -2.76. The SMILES string of the molecule is Fc1cnc2[nH]cc(-c3ncc4cc[nH]c4n3)c2c1. The van der Waals surface area contributed by atoms with Gasteiger partial charge in [-0.15, -0.1) is 0 Å². The summed E-state index contributed by atoms with van der Waals surface area (Å²) >= 11 is 0. The van der Waals surface area contributed by atoms with Gasteiger partial charge in [0, 0.05) is 34.9 Å². The molecule has 4 aromatic heterocycles. The average molecular weight is 253 g/mol. The summed E-state index contributed by atoms with van der Waals surface area (Å²) in [7, 11) is 0. The number of halogens is 1. The first-order valence-electron chi connectivity index (χ1n) is 5.74. The van der Waals surface area contributed by atoms with E-state index in [0.29, 0.717) is 16.9 Å². The third kappa shape index (κ3) is 1.50. The normalized spacial score (nSPS) is 11.4. The van der Waals surface area contributed by atoms with Gasteiger partial charge in [0.1, 0.15) is 17.1 Å². The van der Waals surface area contributed by atoms with Crippen LogP contribution in [0.1, 0.15) is 0 Å². The summed E-state index contributed by atoms with van der Waals surface area (Å²) in [6.07, 6.45) is 6.46. The number of aromatic nitrogens is 5. The van der Waals surface area contributed by atoms with Gasteiger partial charge in [0.25, 0.3) is 0 Å². The van der Waals surface area contributed by atoms with Gasteiger partial charge in [-0.1, -0.05) is 0 Å². The third-order valence-corrected chi connectivity index (χ3v) is 3.04. The van der Waals surface area contributed by atoms with Crippen LogP contribution in [0.4, 0.5) is 4.39 Å². The van der Waals surface area contributed by atoms with Gasteiger partial charge in [0.05, 0.1) is 6.20 Å². The zero-order valence-corrected chi connectivity index (χ0v) is 9.68. The van der Waals surface area contributed by atoms with Gasteiger partial charge in [0.2, 0.25) is 0 Å². The second-order valence-corrected chi connectivity index (χ2v) is 4.23. The summed E-state index contributed by atoms with van der Waals surface area (Å²) in [6.45, 7) is 0. The number of rotatable bonds is 1. The third-order valence-electron chi connectivity index (χ3n) is 3.04. The van der Waals surface area contributed by atoms with Gasteiger partial charge in [-0.25, -0.2) is 19.3 Å². The topological polar surface area (TPSA) is 70.2 Å². The molecule has 0 saturated heterocycles. The lowest BCUT2D eigenvalue weighted by atomic mass is 10.2. The molecule has 4 heterocycles. The fraction of sp³-hybridized carbons (Fsp3) is 0. The maximum Gasteiger partial charge on any atom is 0.163 e. The van der Waals surface area contributed by atoms with Crippen LogP contribution in [0, 0.1) is 5.82 Å². The predicted octanol–water partition coefficient (Wildman–Crippen LogP) is 2.64. The van der Waals surface area contributed by atoms with E-state index in [4.69, 9.17) is 0 Å². The molecule has 0 amide bonds. The molecule has 92 valence electrons. The van der Waals surface area contributed by atoms with E-state index >= 15 is 0 Å². The Kier molecular flexibility index (Phi) is 1.94. The summed E-state index contributed by atoms with van der Waals surface area (Å²) < 4.78 is 13.3. The zero-order chi connectivity index (χ0) is 12.8. The van der Waals surface area contributed by atoms with E-state index in [1.54, 1.807) is 18.6 Å². The molecular formula is C13H8FN5. The number of nitrogens with one attached hydrogen (secondary N) is 2. The van der Waals surface area contributed by atoms with Crippen molar-refractivity contribution in [3.8, 4) is 11.4 Å². The van der Waals surface area contributed by atoms with Crippen LogP contribution in [0.2, 0.25) is 0 Å². The van der Waals surface area contributed by atoms with Crippen molar-refractivity contribution in [2.24, 2.45) is 0 Å². The highest BCUT2D eigenvalue weighted by atomic mass is 19.1. The van der Waals surface area contributed by atoms with E-state index < -0.39 is 0 Å². The molecule has 19 heavy (non-hydrogen) atoms. The maximum absolute atomic E-state index is 13.3. The van der Waals surface area contributed by atoms with E-state index in [0.717, 1.165) is 16.6 Å². The largest absolute Gasteiger partial charge is 0.346 e. The zero-order valence-electron chi connectivity index (χ0n) is 9.68. The van der Waals surface area contributed by atoms with Crippen LogP contribution in [-0.4, -0.2) is 24.9 Å². The van der Waals surface area contributed by atoms with E-state index in [2.05, 4.69) is 24.9 Å². The second kappa shape index (κ2) is 3.61. The van der Waals surface area contributed by atoms with Crippen LogP contribution in [0.5, 0.6) is 0 Å².